The molecule has 0 spiro atoms. The summed E-state index contributed by atoms with van der Waals surface area (Å²) in [6, 6.07) is 4.84. The van der Waals surface area contributed by atoms with Crippen LogP contribution in [-0.4, -0.2) is 38.8 Å². The first-order chi connectivity index (χ1) is 12.1. The van der Waals surface area contributed by atoms with E-state index in [1.165, 1.54) is 29.2 Å². The van der Waals surface area contributed by atoms with E-state index in [0.717, 1.165) is 6.20 Å². The number of hydrogen-bond acceptors (Lipinski definition) is 5. The standard InChI is InChI=1S/C11H9F2N5.C5H4FN/c12-8-1-2-17(5-8)11-9(13)6-18-10(16-11)7(3-14)4-15-18;6-5-2-1-3-7-4-5/h4,6,8H,1-2,5H2;1-4H. The van der Waals surface area contributed by atoms with E-state index in [2.05, 4.69) is 15.1 Å². The lowest BCUT2D eigenvalue weighted by Crippen LogP contribution is -2.23. The second-order valence-electron chi connectivity index (χ2n) is 5.35. The number of nitriles is 1. The predicted octanol–water partition coefficient (Wildman–Crippen LogP) is 2.51. The highest BCUT2D eigenvalue weighted by molar-refractivity contribution is 5.58. The van der Waals surface area contributed by atoms with Gasteiger partial charge in [-0.25, -0.2) is 22.7 Å². The third-order valence-corrected chi connectivity index (χ3v) is 3.61. The van der Waals surface area contributed by atoms with Crippen molar-refractivity contribution in [1.82, 2.24) is 19.6 Å². The summed E-state index contributed by atoms with van der Waals surface area (Å²) in [5.41, 5.74) is 0.559. The van der Waals surface area contributed by atoms with Crippen LogP contribution in [-0.2, 0) is 0 Å². The molecule has 0 N–H and O–H groups in total. The van der Waals surface area contributed by atoms with Crippen LogP contribution in [0.2, 0.25) is 0 Å². The molecule has 1 aliphatic rings. The van der Waals surface area contributed by atoms with Gasteiger partial charge in [0.05, 0.1) is 25.1 Å². The molecule has 3 aromatic heterocycles. The van der Waals surface area contributed by atoms with Gasteiger partial charge in [0.2, 0.25) is 0 Å². The van der Waals surface area contributed by atoms with E-state index in [1.807, 2.05) is 6.07 Å². The van der Waals surface area contributed by atoms with Crippen LogP contribution in [0.1, 0.15) is 12.0 Å². The topological polar surface area (TPSA) is 70.1 Å². The fourth-order valence-corrected chi connectivity index (χ4v) is 2.43. The number of aromatic nitrogens is 4. The van der Waals surface area contributed by atoms with E-state index in [0.29, 0.717) is 13.0 Å². The molecule has 0 radical (unpaired) electrons. The number of alkyl halides is 1. The minimum atomic E-state index is -0.956. The van der Waals surface area contributed by atoms with Gasteiger partial charge >= 0.3 is 0 Å². The highest BCUT2D eigenvalue weighted by atomic mass is 19.1. The van der Waals surface area contributed by atoms with Crippen molar-refractivity contribution in [3.63, 3.8) is 0 Å². The normalized spacial score (nSPS) is 16.4. The van der Waals surface area contributed by atoms with Gasteiger partial charge in [-0.3, -0.25) is 4.98 Å². The Balaban J connectivity index is 0.000000219. The third kappa shape index (κ3) is 3.68. The van der Waals surface area contributed by atoms with Crippen molar-refractivity contribution in [1.29, 1.82) is 5.26 Å². The third-order valence-electron chi connectivity index (χ3n) is 3.61. The Labute approximate surface area is 141 Å². The lowest BCUT2D eigenvalue weighted by atomic mass is 10.3. The molecule has 9 heteroatoms. The summed E-state index contributed by atoms with van der Waals surface area (Å²) in [6.45, 7) is 0.563. The summed E-state index contributed by atoms with van der Waals surface area (Å²) in [5.74, 6) is -0.772. The van der Waals surface area contributed by atoms with Crippen LogP contribution in [0.4, 0.5) is 19.0 Å². The van der Waals surface area contributed by atoms with E-state index in [-0.39, 0.29) is 29.4 Å². The van der Waals surface area contributed by atoms with Crippen molar-refractivity contribution in [2.24, 2.45) is 0 Å². The van der Waals surface area contributed by atoms with Crippen LogP contribution < -0.4 is 4.90 Å². The lowest BCUT2D eigenvalue weighted by Gasteiger charge is -2.16. The Morgan fingerprint density at radius 3 is 2.68 bits per heavy atom. The Bertz CT molecular complexity index is 905. The van der Waals surface area contributed by atoms with E-state index < -0.39 is 12.0 Å². The Morgan fingerprint density at radius 1 is 1.28 bits per heavy atom. The molecule has 0 aliphatic carbocycles. The molecule has 0 bridgehead atoms. The summed E-state index contributed by atoms with van der Waals surface area (Å²) < 4.78 is 40.0. The molecular weight excluding hydrogens is 333 g/mol. The van der Waals surface area contributed by atoms with Crippen molar-refractivity contribution < 1.29 is 13.2 Å². The first-order valence-corrected chi connectivity index (χ1v) is 7.47. The Kier molecular flexibility index (Phi) is 4.79. The van der Waals surface area contributed by atoms with Crippen LogP contribution in [0.25, 0.3) is 5.65 Å². The number of anilines is 1. The zero-order chi connectivity index (χ0) is 17.8. The van der Waals surface area contributed by atoms with Crippen molar-refractivity contribution >= 4 is 11.5 Å². The van der Waals surface area contributed by atoms with Crippen molar-refractivity contribution in [3.05, 3.63) is 54.1 Å². The van der Waals surface area contributed by atoms with Gasteiger partial charge in [0.1, 0.15) is 23.6 Å². The number of pyridine rings is 1. The highest BCUT2D eigenvalue weighted by Gasteiger charge is 2.26. The van der Waals surface area contributed by atoms with E-state index in [9.17, 15) is 13.2 Å². The molecule has 25 heavy (non-hydrogen) atoms. The molecule has 1 saturated heterocycles. The maximum atomic E-state index is 13.8. The van der Waals surface area contributed by atoms with Gasteiger partial charge in [0, 0.05) is 12.7 Å². The van der Waals surface area contributed by atoms with E-state index >= 15 is 0 Å². The molecule has 6 nitrogen and oxygen atoms in total. The van der Waals surface area contributed by atoms with Gasteiger partial charge in [-0.15, -0.1) is 0 Å². The van der Waals surface area contributed by atoms with E-state index in [1.54, 1.807) is 11.0 Å². The van der Waals surface area contributed by atoms with Crippen molar-refractivity contribution in [2.75, 3.05) is 18.0 Å². The smallest absolute Gasteiger partial charge is 0.184 e. The molecule has 1 atom stereocenters. The zero-order valence-corrected chi connectivity index (χ0v) is 13.0. The Hall–Kier alpha value is -3.15. The number of halogens is 3. The average molecular weight is 346 g/mol. The average Bonchev–Trinajstić information content (AvgIpc) is 3.21. The van der Waals surface area contributed by atoms with Crippen LogP contribution in [0, 0.1) is 23.0 Å². The van der Waals surface area contributed by atoms with Crippen LogP contribution in [0.5, 0.6) is 0 Å². The number of hydrogen-bond donors (Lipinski definition) is 0. The highest BCUT2D eigenvalue weighted by Crippen LogP contribution is 2.24. The van der Waals surface area contributed by atoms with Gasteiger partial charge in [0.25, 0.3) is 0 Å². The first kappa shape index (κ1) is 16.7. The van der Waals surface area contributed by atoms with Gasteiger partial charge in [0.15, 0.2) is 17.3 Å². The van der Waals surface area contributed by atoms with Gasteiger partial charge in [-0.05, 0) is 18.6 Å². The van der Waals surface area contributed by atoms with Crippen LogP contribution >= 0.6 is 0 Å². The van der Waals surface area contributed by atoms with Crippen molar-refractivity contribution in [2.45, 2.75) is 12.6 Å². The predicted molar refractivity (Wildman–Crippen MR) is 83.6 cm³/mol. The summed E-state index contributed by atoms with van der Waals surface area (Å²) in [6.07, 6.45) is 4.60. The molecule has 4 heterocycles. The molecule has 3 aromatic rings. The van der Waals surface area contributed by atoms with Crippen LogP contribution in [0.15, 0.2) is 36.9 Å². The fourth-order valence-electron chi connectivity index (χ4n) is 2.43. The molecule has 0 saturated carbocycles. The number of nitrogens with zero attached hydrogens (tertiary/aromatic N) is 6. The molecule has 1 aliphatic heterocycles. The molecule has 128 valence electrons. The molecule has 0 amide bonds. The summed E-state index contributed by atoms with van der Waals surface area (Å²) in [5, 5.41) is 12.7. The maximum Gasteiger partial charge on any atom is 0.184 e. The second-order valence-corrected chi connectivity index (χ2v) is 5.35. The second kappa shape index (κ2) is 7.17. The van der Waals surface area contributed by atoms with Gasteiger partial charge < -0.3 is 4.90 Å². The molecule has 4 rings (SSSR count). The monoisotopic (exact) mass is 346 g/mol. The SMILES string of the molecule is Fc1cccnc1.N#Cc1cnn2cc(F)c(N3CCC(F)C3)nc12. The molecule has 1 unspecified atom stereocenters. The molecule has 0 aromatic carbocycles. The summed E-state index contributed by atoms with van der Waals surface area (Å²) in [7, 11) is 0. The number of fused-ring (bicyclic) bond motifs is 1. The summed E-state index contributed by atoms with van der Waals surface area (Å²) >= 11 is 0. The fraction of sp³-hybridized carbons (Fsp3) is 0.250. The van der Waals surface area contributed by atoms with Crippen LogP contribution in [0.3, 0.4) is 0 Å². The van der Waals surface area contributed by atoms with E-state index in [4.69, 9.17) is 5.26 Å². The Morgan fingerprint density at radius 2 is 2.12 bits per heavy atom. The molecule has 1 fully saturated rings. The van der Waals surface area contributed by atoms with Gasteiger partial charge in [-0.2, -0.15) is 10.4 Å². The minimum Gasteiger partial charge on any atom is -0.351 e. The minimum absolute atomic E-state index is 0.0830. The molecular formula is C16H13F3N6. The summed E-state index contributed by atoms with van der Waals surface area (Å²) in [4.78, 5) is 9.14. The quantitative estimate of drug-likeness (QED) is 0.677. The largest absolute Gasteiger partial charge is 0.351 e. The lowest BCUT2D eigenvalue weighted by molar-refractivity contribution is 0.364. The van der Waals surface area contributed by atoms with Crippen molar-refractivity contribution in [3.8, 4) is 6.07 Å². The zero-order valence-electron chi connectivity index (χ0n) is 13.0. The number of rotatable bonds is 1. The van der Waals surface area contributed by atoms with Gasteiger partial charge in [-0.1, -0.05) is 0 Å². The maximum absolute atomic E-state index is 13.8. The first-order valence-electron chi connectivity index (χ1n) is 7.47.